The summed E-state index contributed by atoms with van der Waals surface area (Å²) in [6, 6.07) is 7.27. The van der Waals surface area contributed by atoms with Gasteiger partial charge in [-0.3, -0.25) is 0 Å². The third-order valence-corrected chi connectivity index (χ3v) is 6.22. The van der Waals surface area contributed by atoms with Gasteiger partial charge in [0.1, 0.15) is 0 Å². The second-order valence-corrected chi connectivity index (χ2v) is 8.35. The van der Waals surface area contributed by atoms with Gasteiger partial charge in [-0.1, -0.05) is 6.07 Å². The molecule has 0 radical (unpaired) electrons. The normalized spacial score (nSPS) is 14.9. The van der Waals surface area contributed by atoms with Gasteiger partial charge >= 0.3 is 5.97 Å². The molecule has 4 rings (SSSR count). The minimum absolute atomic E-state index is 0.303. The van der Waals surface area contributed by atoms with Crippen molar-refractivity contribution in [2.75, 3.05) is 44.6 Å². The topological polar surface area (TPSA) is 90.4 Å². The molecule has 0 atom stereocenters. The van der Waals surface area contributed by atoms with Crippen LogP contribution in [0.2, 0.25) is 0 Å². The van der Waals surface area contributed by atoms with Crippen LogP contribution >= 0.6 is 11.3 Å². The van der Waals surface area contributed by atoms with Crippen molar-refractivity contribution in [3.63, 3.8) is 0 Å². The van der Waals surface area contributed by atoms with E-state index in [1.165, 1.54) is 0 Å². The number of carboxylic acid groups (broad SMARTS) is 1. The largest absolute Gasteiger partial charge is 0.478 e. The van der Waals surface area contributed by atoms with Gasteiger partial charge in [-0.05, 0) is 49.0 Å². The fourth-order valence-corrected chi connectivity index (χ4v) is 4.65. The van der Waals surface area contributed by atoms with E-state index < -0.39 is 5.97 Å². The summed E-state index contributed by atoms with van der Waals surface area (Å²) in [6.07, 6.45) is 2.89. The van der Waals surface area contributed by atoms with E-state index in [1.807, 2.05) is 19.2 Å². The maximum Gasteiger partial charge on any atom is 0.335 e. The van der Waals surface area contributed by atoms with Gasteiger partial charge in [0.2, 0.25) is 5.95 Å². The van der Waals surface area contributed by atoms with Crippen LogP contribution in [-0.4, -0.2) is 65.2 Å². The number of carboxylic acids is 1. The lowest BCUT2D eigenvalue weighted by atomic mass is 10.1. The van der Waals surface area contributed by atoms with E-state index in [0.29, 0.717) is 11.5 Å². The Morgan fingerprint density at radius 3 is 2.93 bits per heavy atom. The number of nitrogens with zero attached hydrogens (tertiary/aromatic N) is 3. The zero-order chi connectivity index (χ0) is 20.2. The van der Waals surface area contributed by atoms with Crippen LogP contribution in [0.1, 0.15) is 22.3 Å². The first kappa shape index (κ1) is 19.8. The Bertz CT molecular complexity index is 1010. The van der Waals surface area contributed by atoms with E-state index >= 15 is 0 Å². The van der Waals surface area contributed by atoms with Crippen LogP contribution in [0.4, 0.5) is 5.95 Å². The molecule has 3 N–H and O–H groups in total. The Hall–Kier alpha value is -2.55. The van der Waals surface area contributed by atoms with Gasteiger partial charge < -0.3 is 20.6 Å². The molecule has 7 nitrogen and oxygen atoms in total. The Kier molecular flexibility index (Phi) is 6.03. The molecule has 29 heavy (non-hydrogen) atoms. The Balaban J connectivity index is 1.45. The quantitative estimate of drug-likeness (QED) is 0.515. The molecule has 1 aromatic carbocycles. The van der Waals surface area contributed by atoms with Gasteiger partial charge in [-0.15, -0.1) is 11.3 Å². The lowest BCUT2D eigenvalue weighted by Crippen LogP contribution is -2.44. The van der Waals surface area contributed by atoms with Gasteiger partial charge in [0, 0.05) is 43.6 Å². The number of aromatic nitrogens is 2. The van der Waals surface area contributed by atoms with Gasteiger partial charge in [-0.25, -0.2) is 14.8 Å². The molecule has 1 saturated heterocycles. The van der Waals surface area contributed by atoms with Crippen molar-refractivity contribution in [2.24, 2.45) is 0 Å². The molecular weight excluding hydrogens is 386 g/mol. The first-order valence-electron chi connectivity index (χ1n) is 9.88. The zero-order valence-corrected chi connectivity index (χ0v) is 17.3. The minimum Gasteiger partial charge on any atom is -0.478 e. The summed E-state index contributed by atoms with van der Waals surface area (Å²) in [7, 11) is 0. The number of carbonyl (C=O) groups is 1. The maximum atomic E-state index is 11.2. The molecule has 3 heterocycles. The highest BCUT2D eigenvalue weighted by Gasteiger charge is 2.13. The lowest BCUT2D eigenvalue weighted by molar-refractivity contribution is 0.0697. The molecule has 0 amide bonds. The number of thiophene rings is 1. The van der Waals surface area contributed by atoms with E-state index in [-0.39, 0.29) is 0 Å². The summed E-state index contributed by atoms with van der Waals surface area (Å²) < 4.78 is 0.948. The van der Waals surface area contributed by atoms with Crippen molar-refractivity contribution in [1.82, 2.24) is 20.2 Å². The van der Waals surface area contributed by atoms with Gasteiger partial charge in [0.05, 0.1) is 16.1 Å². The van der Waals surface area contributed by atoms with Crippen molar-refractivity contribution in [3.8, 4) is 10.6 Å². The average Bonchev–Trinajstić information content (AvgIpc) is 3.16. The summed E-state index contributed by atoms with van der Waals surface area (Å²) in [6.45, 7) is 8.27. The minimum atomic E-state index is -0.910. The van der Waals surface area contributed by atoms with Crippen LogP contribution in [-0.2, 0) is 0 Å². The van der Waals surface area contributed by atoms with E-state index in [2.05, 4.69) is 26.6 Å². The summed E-state index contributed by atoms with van der Waals surface area (Å²) in [5.74, 6) is -0.276. The number of aromatic carboxylic acids is 1. The monoisotopic (exact) mass is 411 g/mol. The molecule has 1 aliphatic rings. The molecule has 1 fully saturated rings. The Morgan fingerprint density at radius 2 is 2.14 bits per heavy atom. The van der Waals surface area contributed by atoms with Crippen LogP contribution in [0, 0.1) is 6.92 Å². The third-order valence-electron chi connectivity index (χ3n) is 5.12. The van der Waals surface area contributed by atoms with Crippen molar-refractivity contribution < 1.29 is 9.90 Å². The highest BCUT2D eigenvalue weighted by molar-refractivity contribution is 7.22. The molecule has 1 aliphatic heterocycles. The summed E-state index contributed by atoms with van der Waals surface area (Å²) in [4.78, 5) is 23.9. The number of anilines is 1. The summed E-state index contributed by atoms with van der Waals surface area (Å²) in [5.41, 5.74) is 2.20. The zero-order valence-electron chi connectivity index (χ0n) is 16.4. The smallest absolute Gasteiger partial charge is 0.335 e. The van der Waals surface area contributed by atoms with Crippen molar-refractivity contribution >= 4 is 33.3 Å². The number of benzene rings is 1. The molecule has 0 saturated carbocycles. The highest BCUT2D eigenvalue weighted by atomic mass is 32.1. The number of fused-ring (bicyclic) bond motifs is 1. The van der Waals surface area contributed by atoms with Gasteiger partial charge in [0.25, 0.3) is 0 Å². The standard InChI is InChI=1S/C21H25N5O2S/c1-14-13-24-21(23-5-2-8-26-9-6-22-7-10-26)25-19(14)18-11-15-3-4-16(20(27)28)12-17(15)29-18/h3-4,11-13,22H,2,5-10H2,1H3,(H,27,28)(H,23,24,25). The number of rotatable bonds is 7. The second-order valence-electron chi connectivity index (χ2n) is 7.27. The highest BCUT2D eigenvalue weighted by Crippen LogP contribution is 2.34. The molecule has 8 heteroatoms. The molecule has 0 aliphatic carbocycles. The van der Waals surface area contributed by atoms with E-state index in [0.717, 1.165) is 71.9 Å². The molecular formula is C21H25N5O2S. The van der Waals surface area contributed by atoms with E-state index in [1.54, 1.807) is 23.5 Å². The Morgan fingerprint density at radius 1 is 1.31 bits per heavy atom. The van der Waals surface area contributed by atoms with Gasteiger partial charge in [0.15, 0.2) is 0 Å². The maximum absolute atomic E-state index is 11.2. The molecule has 152 valence electrons. The Labute approximate surface area is 173 Å². The molecule has 3 aromatic rings. The number of hydrogen-bond acceptors (Lipinski definition) is 7. The third kappa shape index (κ3) is 4.72. The second kappa shape index (κ2) is 8.86. The van der Waals surface area contributed by atoms with Crippen LogP contribution in [0.15, 0.2) is 30.5 Å². The molecule has 2 aromatic heterocycles. The lowest BCUT2D eigenvalue weighted by Gasteiger charge is -2.27. The van der Waals surface area contributed by atoms with Crippen molar-refractivity contribution in [3.05, 3.63) is 41.6 Å². The van der Waals surface area contributed by atoms with E-state index in [9.17, 15) is 9.90 Å². The fourth-order valence-electron chi connectivity index (χ4n) is 3.50. The van der Waals surface area contributed by atoms with Crippen molar-refractivity contribution in [1.29, 1.82) is 0 Å². The number of nitrogens with one attached hydrogen (secondary N) is 2. The average molecular weight is 412 g/mol. The van der Waals surface area contributed by atoms with Crippen LogP contribution in [0.5, 0.6) is 0 Å². The summed E-state index contributed by atoms with van der Waals surface area (Å²) >= 11 is 1.56. The predicted molar refractivity (Wildman–Crippen MR) is 117 cm³/mol. The molecule has 0 bridgehead atoms. The van der Waals surface area contributed by atoms with E-state index in [4.69, 9.17) is 4.98 Å². The summed E-state index contributed by atoms with van der Waals surface area (Å²) in [5, 5.41) is 16.9. The number of piperazine rings is 1. The predicted octanol–water partition coefficient (Wildman–Crippen LogP) is 3.07. The first-order valence-corrected chi connectivity index (χ1v) is 10.7. The van der Waals surface area contributed by atoms with Crippen LogP contribution in [0.3, 0.4) is 0 Å². The first-order chi connectivity index (χ1) is 14.1. The molecule has 0 unspecified atom stereocenters. The van der Waals surface area contributed by atoms with Crippen LogP contribution in [0.25, 0.3) is 20.7 Å². The van der Waals surface area contributed by atoms with Gasteiger partial charge in [-0.2, -0.15) is 0 Å². The number of hydrogen-bond donors (Lipinski definition) is 3. The van der Waals surface area contributed by atoms with Crippen molar-refractivity contribution in [2.45, 2.75) is 13.3 Å². The SMILES string of the molecule is Cc1cnc(NCCCN2CCNCC2)nc1-c1cc2ccc(C(=O)O)cc2s1. The fraction of sp³-hybridized carbons (Fsp3) is 0.381. The number of aryl methyl sites for hydroxylation is 1. The molecule has 0 spiro atoms. The van der Waals surface area contributed by atoms with Crippen LogP contribution < -0.4 is 10.6 Å².